The minimum atomic E-state index is 0.646. The van der Waals surface area contributed by atoms with Crippen molar-refractivity contribution in [1.29, 1.82) is 0 Å². The van der Waals surface area contributed by atoms with Gasteiger partial charge in [0.2, 0.25) is 0 Å². The van der Waals surface area contributed by atoms with E-state index in [0.717, 1.165) is 67.1 Å². The fraction of sp³-hybridized carbons (Fsp3) is 0. The van der Waals surface area contributed by atoms with Crippen molar-refractivity contribution in [2.45, 2.75) is 0 Å². The highest BCUT2D eigenvalue weighted by atomic mass is 15.1. The molecule has 0 spiro atoms. The molecule has 20 aromatic carbocycles. The normalized spacial score (nSPS) is 11.5. The van der Waals surface area contributed by atoms with Gasteiger partial charge < -0.3 is 13.7 Å². The SMILES string of the molecule is c1ccc(-c2nc(-c3ccccc3)nc(-c3ccc(-n4c5cc6ccccc6cc5c5c6ccccc6ccc54)cc3)n2)cc1.c1ccc(-c2nc(-c3ccccc3)nc(-c3ccc(-n4c5ccc6ccccc6c5c5c6ccccc6ccc54)cc3)n2)cc1.c1ccc(-c2nc(-c3ccccc3)nc(-c3ccc(-n4c5ccccc5c5c(-c6ccccc6)cccc54)cc3)n2)cc1. The molecule has 133 heavy (non-hydrogen) atoms. The van der Waals surface area contributed by atoms with Gasteiger partial charge in [-0.3, -0.25) is 0 Å². The number of nitrogens with zero attached hydrogens (tertiary/aromatic N) is 12. The Balaban J connectivity index is 0.000000110. The lowest BCUT2D eigenvalue weighted by Crippen LogP contribution is -2.00. The topological polar surface area (TPSA) is 131 Å². The number of hydrogen-bond donors (Lipinski definition) is 0. The Morgan fingerprint density at radius 2 is 0.368 bits per heavy atom. The molecule has 26 rings (SSSR count). The number of para-hydroxylation sites is 1. The van der Waals surface area contributed by atoms with Crippen LogP contribution in [0.1, 0.15) is 0 Å². The molecule has 0 aliphatic heterocycles. The molecule has 0 radical (unpaired) electrons. The van der Waals surface area contributed by atoms with Crippen LogP contribution in [0, 0.1) is 0 Å². The van der Waals surface area contributed by atoms with Gasteiger partial charge in [0.15, 0.2) is 52.4 Å². The quantitative estimate of drug-likeness (QED) is 0.111. The number of benzene rings is 20. The van der Waals surface area contributed by atoms with Crippen molar-refractivity contribution >= 4 is 109 Å². The Kier molecular flexibility index (Phi) is 20.0. The molecule has 0 saturated heterocycles. The van der Waals surface area contributed by atoms with Crippen molar-refractivity contribution in [2.24, 2.45) is 0 Å². The summed E-state index contributed by atoms with van der Waals surface area (Å²) in [7, 11) is 0. The van der Waals surface area contributed by atoms with Gasteiger partial charge in [0.05, 0.1) is 33.1 Å². The molecule has 12 nitrogen and oxygen atoms in total. The Hall–Kier alpha value is -18.1. The fourth-order valence-electron chi connectivity index (χ4n) is 18.8. The third-order valence-electron chi connectivity index (χ3n) is 25.1. The van der Waals surface area contributed by atoms with Crippen LogP contribution in [0.15, 0.2) is 473 Å². The second kappa shape index (κ2) is 33.9. The van der Waals surface area contributed by atoms with E-state index in [-0.39, 0.29) is 0 Å². The van der Waals surface area contributed by atoms with Crippen LogP contribution in [0.25, 0.3) is 239 Å². The van der Waals surface area contributed by atoms with Crippen molar-refractivity contribution in [3.8, 4) is 131 Å². The maximum Gasteiger partial charge on any atom is 0.164 e. The summed E-state index contributed by atoms with van der Waals surface area (Å²) in [5.74, 6) is 5.88. The molecule has 0 fully saturated rings. The predicted octanol–water partition coefficient (Wildman–Crippen LogP) is 30.2. The van der Waals surface area contributed by atoms with Crippen LogP contribution in [0.3, 0.4) is 0 Å². The number of hydrogen-bond acceptors (Lipinski definition) is 9. The molecule has 0 atom stereocenters. The van der Waals surface area contributed by atoms with Crippen LogP contribution >= 0.6 is 0 Å². The van der Waals surface area contributed by atoms with Crippen molar-refractivity contribution in [3.05, 3.63) is 473 Å². The molecule has 0 N–H and O–H groups in total. The summed E-state index contributed by atoms with van der Waals surface area (Å²) >= 11 is 0. The van der Waals surface area contributed by atoms with Gasteiger partial charge in [-0.1, -0.05) is 358 Å². The first kappa shape index (κ1) is 78.4. The average molecular weight is 1700 g/mol. The lowest BCUT2D eigenvalue weighted by Gasteiger charge is -2.11. The molecule has 6 aromatic heterocycles. The smallest absolute Gasteiger partial charge is 0.164 e. The Morgan fingerprint density at radius 1 is 0.128 bits per heavy atom. The Labute approximate surface area is 765 Å². The lowest BCUT2D eigenvalue weighted by atomic mass is 9.99. The molecule has 12 heteroatoms. The summed E-state index contributed by atoms with van der Waals surface area (Å²) < 4.78 is 7.11. The second-order valence-corrected chi connectivity index (χ2v) is 33.1. The van der Waals surface area contributed by atoms with Gasteiger partial charge in [0.25, 0.3) is 0 Å². The first-order chi connectivity index (χ1) is 65.9. The second-order valence-electron chi connectivity index (χ2n) is 33.1. The van der Waals surface area contributed by atoms with Gasteiger partial charge in [0.1, 0.15) is 0 Å². The van der Waals surface area contributed by atoms with Gasteiger partial charge in [-0.15, -0.1) is 0 Å². The van der Waals surface area contributed by atoms with E-state index < -0.39 is 0 Å². The van der Waals surface area contributed by atoms with Gasteiger partial charge in [-0.2, -0.15) is 0 Å². The zero-order valence-electron chi connectivity index (χ0n) is 71.9. The van der Waals surface area contributed by atoms with E-state index in [1.54, 1.807) is 0 Å². The predicted molar refractivity (Wildman–Crippen MR) is 547 cm³/mol. The number of fused-ring (bicyclic) bond motifs is 16. The minimum absolute atomic E-state index is 0.646. The molecular weight excluding hydrogens is 1620 g/mol. The minimum Gasteiger partial charge on any atom is -0.309 e. The number of aromatic nitrogens is 12. The van der Waals surface area contributed by atoms with E-state index in [1.165, 1.54) is 120 Å². The van der Waals surface area contributed by atoms with Crippen LogP contribution in [0.2, 0.25) is 0 Å². The van der Waals surface area contributed by atoms with E-state index in [4.69, 9.17) is 44.9 Å². The molecule has 0 unspecified atom stereocenters. The van der Waals surface area contributed by atoms with Crippen LogP contribution in [0.4, 0.5) is 0 Å². The molecule has 26 aromatic rings. The first-order valence-electron chi connectivity index (χ1n) is 44.6. The first-order valence-corrected chi connectivity index (χ1v) is 44.6. The highest BCUT2D eigenvalue weighted by molar-refractivity contribution is 6.29. The van der Waals surface area contributed by atoms with E-state index in [2.05, 4.69) is 305 Å². The zero-order valence-corrected chi connectivity index (χ0v) is 71.9. The fourth-order valence-corrected chi connectivity index (χ4v) is 18.8. The van der Waals surface area contributed by atoms with Crippen LogP contribution in [0.5, 0.6) is 0 Å². The Bertz CT molecular complexity index is 8440. The molecule has 0 aliphatic rings. The Morgan fingerprint density at radius 3 is 0.714 bits per heavy atom. The van der Waals surface area contributed by atoms with Crippen LogP contribution in [-0.2, 0) is 0 Å². The van der Waals surface area contributed by atoms with Gasteiger partial charge in [-0.25, -0.2) is 44.9 Å². The summed E-state index contributed by atoms with van der Waals surface area (Å²) in [5.41, 5.74) is 21.4. The molecule has 0 amide bonds. The monoisotopic (exact) mass is 1700 g/mol. The molecule has 0 bridgehead atoms. The zero-order chi connectivity index (χ0) is 88.1. The van der Waals surface area contributed by atoms with Gasteiger partial charge in [0, 0.05) is 99.5 Å². The summed E-state index contributed by atoms with van der Waals surface area (Å²) in [6.45, 7) is 0. The number of rotatable bonds is 13. The molecule has 6 heterocycles. The standard InChI is InChI=1S/2C41H26N4.C39H26N4/c1-3-13-29(14-4-1)39-42-40(30-15-5-2-6-16-30)44-41(43-39)31-19-23-32(24-20-31)45-35-25-21-27-11-7-9-17-33(27)37(35)38-34-18-10-8-12-28(34)22-26-36(38)45;1-3-12-28(13-4-1)39-42-40(29-14-5-2-6-15-29)44-41(43-39)30-19-22-33(23-20-30)45-36-24-21-27-11-9-10-18-34(27)38(36)35-25-31-16-7-8-17-32(31)26-37(35)45;1-4-13-27(14-5-1)32-20-12-22-35-36(32)33-19-10-11-21-34(33)43(35)31-25-23-30(24-26-31)39-41-37(28-15-6-2-7-16-28)40-38(42-39)29-17-8-3-9-18-29/h2*1-26H;1-26H. The van der Waals surface area contributed by atoms with E-state index in [1.807, 2.05) is 182 Å². The van der Waals surface area contributed by atoms with E-state index in [0.29, 0.717) is 52.4 Å². The van der Waals surface area contributed by atoms with Gasteiger partial charge >= 0.3 is 0 Å². The largest absolute Gasteiger partial charge is 0.309 e. The third-order valence-corrected chi connectivity index (χ3v) is 25.1. The third kappa shape index (κ3) is 14.7. The van der Waals surface area contributed by atoms with Gasteiger partial charge in [-0.05, 0) is 169 Å². The average Bonchev–Trinajstić information content (AvgIpc) is 1.57. The molecule has 0 saturated carbocycles. The molecule has 622 valence electrons. The maximum absolute atomic E-state index is 4.93. The van der Waals surface area contributed by atoms with Crippen molar-refractivity contribution in [3.63, 3.8) is 0 Å². The summed E-state index contributed by atoms with van der Waals surface area (Å²) in [6.07, 6.45) is 0. The summed E-state index contributed by atoms with van der Waals surface area (Å²) in [6, 6.07) is 165. The van der Waals surface area contributed by atoms with E-state index >= 15 is 0 Å². The molecular formula is C121H78N12. The summed E-state index contributed by atoms with van der Waals surface area (Å²) in [4.78, 5) is 44.1. The highest BCUT2D eigenvalue weighted by Crippen LogP contribution is 2.45. The molecule has 0 aliphatic carbocycles. The van der Waals surface area contributed by atoms with Crippen molar-refractivity contribution < 1.29 is 0 Å². The maximum atomic E-state index is 4.93. The van der Waals surface area contributed by atoms with Crippen LogP contribution in [-0.4, -0.2) is 58.6 Å². The van der Waals surface area contributed by atoms with Crippen molar-refractivity contribution in [1.82, 2.24) is 58.6 Å². The van der Waals surface area contributed by atoms with E-state index in [9.17, 15) is 0 Å². The van der Waals surface area contributed by atoms with Crippen molar-refractivity contribution in [2.75, 3.05) is 0 Å². The highest BCUT2D eigenvalue weighted by Gasteiger charge is 2.24. The van der Waals surface area contributed by atoms with Crippen LogP contribution < -0.4 is 0 Å². The summed E-state index contributed by atoms with van der Waals surface area (Å²) in [5, 5.41) is 17.6. The lowest BCUT2D eigenvalue weighted by molar-refractivity contribution is 1.07.